The van der Waals surface area contributed by atoms with Crippen LogP contribution in [0, 0.1) is 10.1 Å². The molecule has 1 unspecified atom stereocenters. The largest absolute Gasteiger partial charge is 0.447 e. The van der Waals surface area contributed by atoms with Gasteiger partial charge in [0, 0.05) is 28.8 Å². The van der Waals surface area contributed by atoms with E-state index in [0.717, 1.165) is 0 Å². The van der Waals surface area contributed by atoms with Gasteiger partial charge in [0.2, 0.25) is 0 Å². The molecule has 0 radical (unpaired) electrons. The van der Waals surface area contributed by atoms with Gasteiger partial charge in [-0.15, -0.1) is 11.8 Å². The van der Waals surface area contributed by atoms with E-state index in [-0.39, 0.29) is 17.5 Å². The Labute approximate surface area is 155 Å². The molecule has 1 aliphatic heterocycles. The molecule has 0 aromatic heterocycles. The quantitative estimate of drug-likeness (QED) is 0.446. The highest BCUT2D eigenvalue weighted by Crippen LogP contribution is 2.33. The molecule has 26 heavy (non-hydrogen) atoms. The summed E-state index contributed by atoms with van der Waals surface area (Å²) in [6, 6.07) is 14.6. The van der Waals surface area contributed by atoms with Crippen LogP contribution >= 0.6 is 11.8 Å². The summed E-state index contributed by atoms with van der Waals surface area (Å²) < 4.78 is 4.97. The van der Waals surface area contributed by atoms with Crippen molar-refractivity contribution in [2.45, 2.75) is 17.1 Å². The molecule has 1 N–H and O–H groups in total. The summed E-state index contributed by atoms with van der Waals surface area (Å²) in [5.41, 5.74) is 1.09. The Morgan fingerprint density at radius 1 is 1.31 bits per heavy atom. The maximum atomic E-state index is 11.9. The van der Waals surface area contributed by atoms with Gasteiger partial charge in [-0.3, -0.25) is 15.0 Å². The Balaban J connectivity index is 1.74. The molecular weight excluding hydrogens is 354 g/mol. The number of non-ortho nitro benzene ring substituents is 1. The van der Waals surface area contributed by atoms with Crippen molar-refractivity contribution >= 4 is 34.9 Å². The van der Waals surface area contributed by atoms with E-state index in [1.807, 2.05) is 18.2 Å². The lowest BCUT2D eigenvalue weighted by Crippen LogP contribution is -2.25. The van der Waals surface area contributed by atoms with E-state index >= 15 is 0 Å². The lowest BCUT2D eigenvalue weighted by atomic mass is 10.2. The third kappa shape index (κ3) is 4.26. The summed E-state index contributed by atoms with van der Waals surface area (Å²) in [5, 5.41) is 14.7. The summed E-state index contributed by atoms with van der Waals surface area (Å²) in [6.07, 6.45) is -0.486. The van der Waals surface area contributed by atoms with E-state index < -0.39 is 11.0 Å². The van der Waals surface area contributed by atoms with Gasteiger partial charge in [-0.1, -0.05) is 25.1 Å². The first kappa shape index (κ1) is 18.1. The number of amides is 1. The Morgan fingerprint density at radius 3 is 2.73 bits per heavy atom. The number of carbonyl (C=O) groups is 1. The smallest absolute Gasteiger partial charge is 0.414 e. The minimum Gasteiger partial charge on any atom is -0.447 e. The molecular formula is C18H19N3O4S. The molecule has 0 saturated carbocycles. The number of rotatable bonds is 7. The van der Waals surface area contributed by atoms with Crippen LogP contribution in [0.3, 0.4) is 0 Å². The molecule has 3 rings (SSSR count). The minimum absolute atomic E-state index is 0.0584. The van der Waals surface area contributed by atoms with Gasteiger partial charge in [0.05, 0.1) is 22.8 Å². The first-order chi connectivity index (χ1) is 12.5. The number of nitro benzene ring substituents is 1. The average molecular weight is 373 g/mol. The monoisotopic (exact) mass is 373 g/mol. The predicted octanol–water partition coefficient (Wildman–Crippen LogP) is 4.14. The van der Waals surface area contributed by atoms with Crippen molar-refractivity contribution in [2.75, 3.05) is 29.9 Å². The molecule has 7 nitrogen and oxygen atoms in total. The molecule has 1 aliphatic rings. The van der Waals surface area contributed by atoms with Gasteiger partial charge in [0.15, 0.2) is 0 Å². The number of ether oxygens (including phenoxy) is 1. The zero-order valence-electron chi connectivity index (χ0n) is 14.3. The first-order valence-corrected chi connectivity index (χ1v) is 9.11. The van der Waals surface area contributed by atoms with E-state index in [4.69, 9.17) is 4.74 Å². The fourth-order valence-corrected chi connectivity index (χ4v) is 3.59. The van der Waals surface area contributed by atoms with Gasteiger partial charge < -0.3 is 10.1 Å². The Hall–Kier alpha value is -2.74. The lowest BCUT2D eigenvalue weighted by molar-refractivity contribution is -0.384. The summed E-state index contributed by atoms with van der Waals surface area (Å²) >= 11 is 1.73. The number of carbonyl (C=O) groups excluding carboxylic acids is 1. The van der Waals surface area contributed by atoms with E-state index in [9.17, 15) is 14.9 Å². The molecule has 2 aromatic rings. The van der Waals surface area contributed by atoms with E-state index in [1.54, 1.807) is 17.8 Å². The van der Waals surface area contributed by atoms with Crippen molar-refractivity contribution < 1.29 is 14.5 Å². The second-order valence-electron chi connectivity index (χ2n) is 5.85. The Kier molecular flexibility index (Phi) is 5.62. The van der Waals surface area contributed by atoms with Gasteiger partial charge in [0.25, 0.3) is 5.69 Å². The van der Waals surface area contributed by atoms with Crippen molar-refractivity contribution in [3.05, 3.63) is 58.6 Å². The number of hydrogen-bond donors (Lipinski definition) is 1. The molecule has 1 atom stereocenters. The van der Waals surface area contributed by atoms with Crippen LogP contribution in [0.15, 0.2) is 53.4 Å². The van der Waals surface area contributed by atoms with Crippen LogP contribution in [-0.2, 0) is 4.74 Å². The Morgan fingerprint density at radius 2 is 2.08 bits per heavy atom. The number of nitrogens with zero attached hydrogens (tertiary/aromatic N) is 2. The minimum atomic E-state index is -0.486. The number of nitro groups is 1. The van der Waals surface area contributed by atoms with Crippen molar-refractivity contribution in [1.29, 1.82) is 0 Å². The molecule has 1 heterocycles. The normalized spacial score (nSPS) is 14.8. The van der Waals surface area contributed by atoms with E-state index in [1.165, 1.54) is 21.9 Å². The highest BCUT2D eigenvalue weighted by molar-refractivity contribution is 8.00. The topological polar surface area (TPSA) is 84.7 Å². The van der Waals surface area contributed by atoms with Gasteiger partial charge in [-0.05, 0) is 18.2 Å². The molecule has 1 saturated heterocycles. The number of cyclic esters (lactones) is 1. The third-order valence-corrected chi connectivity index (χ3v) is 5.02. The maximum Gasteiger partial charge on any atom is 0.414 e. The molecule has 8 heteroatoms. The summed E-state index contributed by atoms with van der Waals surface area (Å²) in [6.45, 7) is 3.40. The highest BCUT2D eigenvalue weighted by atomic mass is 32.2. The molecule has 1 fully saturated rings. The van der Waals surface area contributed by atoms with Crippen molar-refractivity contribution in [1.82, 2.24) is 0 Å². The van der Waals surface area contributed by atoms with Crippen molar-refractivity contribution in [2.24, 2.45) is 0 Å². The molecule has 0 aliphatic carbocycles. The van der Waals surface area contributed by atoms with Gasteiger partial charge in [-0.25, -0.2) is 4.79 Å². The first-order valence-electron chi connectivity index (χ1n) is 8.23. The number of thioether (sulfide) groups is 1. The second-order valence-corrected chi connectivity index (χ2v) is 7.36. The van der Waals surface area contributed by atoms with Crippen LogP contribution in [0.2, 0.25) is 0 Å². The van der Waals surface area contributed by atoms with Gasteiger partial charge >= 0.3 is 6.09 Å². The second kappa shape index (κ2) is 8.09. The van der Waals surface area contributed by atoms with E-state index in [0.29, 0.717) is 24.5 Å². The van der Waals surface area contributed by atoms with Crippen LogP contribution < -0.4 is 10.2 Å². The lowest BCUT2D eigenvalue weighted by Gasteiger charge is -2.20. The molecule has 136 valence electrons. The van der Waals surface area contributed by atoms with Crippen LogP contribution in [0.4, 0.5) is 21.9 Å². The molecule has 1 amide bonds. The van der Waals surface area contributed by atoms with Crippen LogP contribution in [0.25, 0.3) is 0 Å². The molecule has 0 bridgehead atoms. The summed E-state index contributed by atoms with van der Waals surface area (Å²) in [7, 11) is 0. The van der Waals surface area contributed by atoms with Crippen LogP contribution in [0.5, 0.6) is 0 Å². The van der Waals surface area contributed by atoms with E-state index in [2.05, 4.69) is 24.4 Å². The van der Waals surface area contributed by atoms with Gasteiger partial charge in [-0.2, -0.15) is 0 Å². The standard InChI is InChI=1S/C18H19N3O4S/c1-13(26-15-5-3-2-4-6-15)12-19-16-8-7-14(21(23)24)11-17(16)20-9-10-25-18(20)22/h2-8,11,13,19H,9-10,12H2,1H3. The van der Waals surface area contributed by atoms with Gasteiger partial charge in [0.1, 0.15) is 6.61 Å². The van der Waals surface area contributed by atoms with Crippen LogP contribution in [-0.4, -0.2) is 36.0 Å². The number of benzene rings is 2. The SMILES string of the molecule is CC(CNc1ccc([N+](=O)[O-])cc1N1CCOC1=O)Sc1ccccc1. The number of nitrogens with one attached hydrogen (secondary N) is 1. The summed E-state index contributed by atoms with van der Waals surface area (Å²) in [4.78, 5) is 25.1. The van der Waals surface area contributed by atoms with Crippen molar-refractivity contribution in [3.63, 3.8) is 0 Å². The third-order valence-electron chi connectivity index (χ3n) is 3.90. The maximum absolute atomic E-state index is 11.9. The number of anilines is 2. The molecule has 2 aromatic carbocycles. The van der Waals surface area contributed by atoms with Crippen LogP contribution in [0.1, 0.15) is 6.92 Å². The molecule has 0 spiro atoms. The summed E-state index contributed by atoms with van der Waals surface area (Å²) in [5.74, 6) is 0. The predicted molar refractivity (Wildman–Crippen MR) is 102 cm³/mol. The zero-order valence-corrected chi connectivity index (χ0v) is 15.1. The Bertz CT molecular complexity index is 800. The fraction of sp³-hybridized carbons (Fsp3) is 0.278. The fourth-order valence-electron chi connectivity index (χ4n) is 2.65. The zero-order chi connectivity index (χ0) is 18.5. The number of hydrogen-bond acceptors (Lipinski definition) is 6. The average Bonchev–Trinajstić information content (AvgIpc) is 3.06. The van der Waals surface area contributed by atoms with Crippen molar-refractivity contribution in [3.8, 4) is 0 Å². The highest BCUT2D eigenvalue weighted by Gasteiger charge is 2.27.